The van der Waals surface area contributed by atoms with Crippen molar-refractivity contribution in [2.75, 3.05) is 11.9 Å². The second-order valence-corrected chi connectivity index (χ2v) is 3.73. The van der Waals surface area contributed by atoms with Crippen LogP contribution in [0.15, 0.2) is 11.7 Å². The van der Waals surface area contributed by atoms with Crippen LogP contribution in [0.4, 0.5) is 5.82 Å². The Kier molecular flexibility index (Phi) is 2.14. The fraction of sp³-hybridized carbons (Fsp3) is 0.333. The van der Waals surface area contributed by atoms with Gasteiger partial charge in [0.1, 0.15) is 12.1 Å². The van der Waals surface area contributed by atoms with Gasteiger partial charge >= 0.3 is 0 Å². The first-order valence-electron chi connectivity index (χ1n) is 4.25. The van der Waals surface area contributed by atoms with Crippen molar-refractivity contribution in [1.29, 1.82) is 0 Å². The van der Waals surface area contributed by atoms with E-state index in [4.69, 9.17) is 0 Å². The van der Waals surface area contributed by atoms with Gasteiger partial charge in [-0.3, -0.25) is 0 Å². The van der Waals surface area contributed by atoms with Crippen molar-refractivity contribution in [3.63, 3.8) is 0 Å². The number of anilines is 1. The highest BCUT2D eigenvalue weighted by Crippen LogP contribution is 2.27. The lowest BCUT2D eigenvalue weighted by Gasteiger charge is -2.01. The number of hydrogen-bond donors (Lipinski definition) is 1. The molecule has 0 aromatic carbocycles. The molecule has 0 spiro atoms. The van der Waals surface area contributed by atoms with Gasteiger partial charge in [-0.05, 0) is 24.8 Å². The molecule has 0 unspecified atom stereocenters. The van der Waals surface area contributed by atoms with Crippen LogP contribution in [0.2, 0.25) is 0 Å². The van der Waals surface area contributed by atoms with E-state index in [0.717, 1.165) is 22.6 Å². The molecular weight excluding hydrogens is 182 g/mol. The first-order valence-corrected chi connectivity index (χ1v) is 5.13. The van der Waals surface area contributed by atoms with Crippen LogP contribution < -0.4 is 5.32 Å². The van der Waals surface area contributed by atoms with Crippen LogP contribution in [0.3, 0.4) is 0 Å². The molecule has 3 nitrogen and oxygen atoms in total. The molecule has 0 radical (unpaired) electrons. The molecule has 0 amide bonds. The van der Waals surface area contributed by atoms with Crippen molar-refractivity contribution < 1.29 is 0 Å². The number of thiophene rings is 1. The number of rotatable bonds is 2. The van der Waals surface area contributed by atoms with Crippen LogP contribution in [0.5, 0.6) is 0 Å². The molecule has 2 heterocycles. The minimum absolute atomic E-state index is 0.892. The summed E-state index contributed by atoms with van der Waals surface area (Å²) in [5.74, 6) is 0.950. The number of hydrogen-bond acceptors (Lipinski definition) is 4. The summed E-state index contributed by atoms with van der Waals surface area (Å²) >= 11 is 1.69. The van der Waals surface area contributed by atoms with Gasteiger partial charge in [-0.25, -0.2) is 9.97 Å². The Balaban J connectivity index is 2.63. The Morgan fingerprint density at radius 2 is 2.31 bits per heavy atom. The summed E-state index contributed by atoms with van der Waals surface area (Å²) in [6.07, 6.45) is 1.61. The lowest BCUT2D eigenvalue weighted by Crippen LogP contribution is -1.99. The fourth-order valence-electron chi connectivity index (χ4n) is 1.26. The highest BCUT2D eigenvalue weighted by Gasteiger charge is 2.06. The normalized spacial score (nSPS) is 10.6. The molecule has 0 aliphatic rings. The molecule has 1 N–H and O–H groups in total. The number of aromatic nitrogens is 2. The van der Waals surface area contributed by atoms with Crippen molar-refractivity contribution in [2.45, 2.75) is 13.8 Å². The Morgan fingerprint density at radius 1 is 1.46 bits per heavy atom. The predicted molar refractivity (Wildman–Crippen MR) is 56.3 cm³/mol. The number of nitrogens with zero attached hydrogens (tertiary/aromatic N) is 2. The summed E-state index contributed by atoms with van der Waals surface area (Å²) in [5.41, 5.74) is 2.29. The molecular formula is C9H11N3S. The molecule has 0 atom stereocenters. The van der Waals surface area contributed by atoms with E-state index in [1.54, 1.807) is 17.7 Å². The van der Waals surface area contributed by atoms with Gasteiger partial charge in [0.2, 0.25) is 0 Å². The van der Waals surface area contributed by atoms with Crippen LogP contribution in [-0.2, 0) is 0 Å². The Labute approximate surface area is 80.8 Å². The van der Waals surface area contributed by atoms with E-state index in [1.165, 1.54) is 5.56 Å². The Morgan fingerprint density at radius 3 is 3.08 bits per heavy atom. The van der Waals surface area contributed by atoms with Gasteiger partial charge in [0.05, 0.1) is 10.2 Å². The van der Waals surface area contributed by atoms with Crippen molar-refractivity contribution >= 4 is 27.4 Å². The summed E-state index contributed by atoms with van der Waals surface area (Å²) in [5, 5.41) is 5.33. The molecule has 2 aromatic rings. The molecule has 0 aliphatic carbocycles. The topological polar surface area (TPSA) is 37.8 Å². The van der Waals surface area contributed by atoms with E-state index in [9.17, 15) is 0 Å². The molecule has 68 valence electrons. The highest BCUT2D eigenvalue weighted by molar-refractivity contribution is 7.17. The second kappa shape index (κ2) is 3.30. The monoisotopic (exact) mass is 193 g/mol. The highest BCUT2D eigenvalue weighted by atomic mass is 32.1. The third-order valence-electron chi connectivity index (χ3n) is 1.88. The molecule has 0 bridgehead atoms. The van der Waals surface area contributed by atoms with Gasteiger partial charge < -0.3 is 5.32 Å². The zero-order chi connectivity index (χ0) is 9.26. The Hall–Kier alpha value is -1.16. The minimum atomic E-state index is 0.892. The predicted octanol–water partition coefficient (Wildman–Crippen LogP) is 2.43. The van der Waals surface area contributed by atoms with Crippen LogP contribution in [0.1, 0.15) is 12.5 Å². The zero-order valence-electron chi connectivity index (χ0n) is 7.66. The second-order valence-electron chi connectivity index (χ2n) is 2.85. The van der Waals surface area contributed by atoms with Crippen molar-refractivity contribution in [3.8, 4) is 0 Å². The molecule has 0 aliphatic heterocycles. The molecule has 2 aromatic heterocycles. The number of fused-ring (bicyclic) bond motifs is 1. The molecule has 4 heteroatoms. The number of aryl methyl sites for hydroxylation is 1. The van der Waals surface area contributed by atoms with Crippen molar-refractivity contribution in [2.24, 2.45) is 0 Å². The molecule has 0 fully saturated rings. The lowest BCUT2D eigenvalue weighted by molar-refractivity contribution is 1.14. The minimum Gasteiger partial charge on any atom is -0.369 e. The van der Waals surface area contributed by atoms with Crippen LogP contribution in [-0.4, -0.2) is 16.5 Å². The summed E-state index contributed by atoms with van der Waals surface area (Å²) in [6.45, 7) is 5.03. The average Bonchev–Trinajstić information content (AvgIpc) is 2.50. The summed E-state index contributed by atoms with van der Waals surface area (Å²) in [7, 11) is 0. The van der Waals surface area contributed by atoms with Crippen LogP contribution in [0, 0.1) is 6.92 Å². The SMILES string of the molecule is CCNc1ncnc2c(C)csc12. The average molecular weight is 193 g/mol. The van der Waals surface area contributed by atoms with Gasteiger partial charge in [0.15, 0.2) is 0 Å². The summed E-state index contributed by atoms with van der Waals surface area (Å²) in [4.78, 5) is 8.44. The van der Waals surface area contributed by atoms with Gasteiger partial charge in [-0.15, -0.1) is 11.3 Å². The van der Waals surface area contributed by atoms with Gasteiger partial charge in [-0.2, -0.15) is 0 Å². The maximum absolute atomic E-state index is 4.24. The van der Waals surface area contributed by atoms with E-state index >= 15 is 0 Å². The first kappa shape index (κ1) is 8.44. The van der Waals surface area contributed by atoms with E-state index in [0.29, 0.717) is 0 Å². The lowest BCUT2D eigenvalue weighted by atomic mass is 10.3. The van der Waals surface area contributed by atoms with Crippen LogP contribution in [0.25, 0.3) is 10.2 Å². The Bertz CT molecular complexity index is 422. The van der Waals surface area contributed by atoms with Crippen LogP contribution >= 0.6 is 11.3 Å². The maximum Gasteiger partial charge on any atom is 0.147 e. The standard InChI is InChI=1S/C9H11N3S/c1-3-10-9-8-7(11-5-12-9)6(2)4-13-8/h4-5H,3H2,1-2H3,(H,10,11,12). The summed E-state index contributed by atoms with van der Waals surface area (Å²) < 4.78 is 1.15. The number of nitrogens with one attached hydrogen (secondary N) is 1. The van der Waals surface area contributed by atoms with E-state index in [-0.39, 0.29) is 0 Å². The van der Waals surface area contributed by atoms with Gasteiger partial charge in [0, 0.05) is 6.54 Å². The largest absolute Gasteiger partial charge is 0.369 e. The summed E-state index contributed by atoms with van der Waals surface area (Å²) in [6, 6.07) is 0. The fourth-order valence-corrected chi connectivity index (χ4v) is 2.23. The van der Waals surface area contributed by atoms with E-state index in [1.807, 2.05) is 0 Å². The third kappa shape index (κ3) is 1.37. The maximum atomic E-state index is 4.24. The van der Waals surface area contributed by atoms with E-state index < -0.39 is 0 Å². The quantitative estimate of drug-likeness (QED) is 0.796. The zero-order valence-corrected chi connectivity index (χ0v) is 8.48. The first-order chi connectivity index (χ1) is 6.33. The van der Waals surface area contributed by atoms with Crippen molar-refractivity contribution in [3.05, 3.63) is 17.3 Å². The molecule has 13 heavy (non-hydrogen) atoms. The molecule has 2 rings (SSSR count). The van der Waals surface area contributed by atoms with E-state index in [2.05, 4.69) is 34.5 Å². The van der Waals surface area contributed by atoms with Crippen molar-refractivity contribution in [1.82, 2.24) is 9.97 Å². The van der Waals surface area contributed by atoms with Gasteiger partial charge in [-0.1, -0.05) is 0 Å². The van der Waals surface area contributed by atoms with Gasteiger partial charge in [0.25, 0.3) is 0 Å². The third-order valence-corrected chi connectivity index (χ3v) is 2.97. The smallest absolute Gasteiger partial charge is 0.147 e. The molecule has 0 saturated heterocycles. The molecule has 0 saturated carbocycles.